The first-order chi connectivity index (χ1) is 10.6. The number of rotatable bonds is 2. The number of carbonyl (C=O) groups excluding carboxylic acids is 1. The number of hydrogen-bond acceptors (Lipinski definition) is 2. The van der Waals surface area contributed by atoms with Crippen molar-refractivity contribution in [3.05, 3.63) is 29.6 Å². The Morgan fingerprint density at radius 1 is 1.09 bits per heavy atom. The Hall–Kier alpha value is -1.63. The molecule has 1 amide bonds. The van der Waals surface area contributed by atoms with Gasteiger partial charge in [0.05, 0.1) is 11.3 Å². The predicted molar refractivity (Wildman–Crippen MR) is 77.1 cm³/mol. The monoisotopic (exact) mass is 330 g/mol. The van der Waals surface area contributed by atoms with Gasteiger partial charge in [-0.15, -0.1) is 0 Å². The predicted octanol–water partition coefficient (Wildman–Crippen LogP) is 3.83. The molecular weight excluding hydrogens is 312 g/mol. The zero-order valence-corrected chi connectivity index (χ0v) is 12.5. The second-order valence-corrected chi connectivity index (χ2v) is 6.79. The molecule has 0 aliphatic heterocycles. The number of benzene rings is 1. The van der Waals surface area contributed by atoms with Gasteiger partial charge in [0.25, 0.3) is 0 Å². The minimum absolute atomic E-state index is 0.193. The summed E-state index contributed by atoms with van der Waals surface area (Å²) in [6.07, 6.45) is -0.465. The van der Waals surface area contributed by atoms with Gasteiger partial charge in [0.2, 0.25) is 5.91 Å². The van der Waals surface area contributed by atoms with Gasteiger partial charge in [0, 0.05) is 11.0 Å². The minimum Gasteiger partial charge on any atom is -0.325 e. The van der Waals surface area contributed by atoms with Crippen molar-refractivity contribution in [1.82, 2.24) is 0 Å². The summed E-state index contributed by atoms with van der Waals surface area (Å²) in [6, 6.07) is 2.13. The summed E-state index contributed by atoms with van der Waals surface area (Å²) in [6.45, 7) is 0. The van der Waals surface area contributed by atoms with Gasteiger partial charge in [-0.05, 0) is 56.7 Å². The van der Waals surface area contributed by atoms with Crippen LogP contribution < -0.4 is 11.1 Å². The number of carbonyl (C=O) groups is 1. The molecule has 3 N–H and O–H groups in total. The molecule has 3 aliphatic rings. The van der Waals surface area contributed by atoms with Crippen molar-refractivity contribution < 1.29 is 22.4 Å². The van der Waals surface area contributed by atoms with E-state index in [0.717, 1.165) is 31.4 Å². The molecule has 0 atom stereocenters. The Kier molecular flexibility index (Phi) is 3.66. The Balaban J connectivity index is 1.76. The third-order valence-electron chi connectivity index (χ3n) is 5.33. The van der Waals surface area contributed by atoms with E-state index in [1.807, 2.05) is 0 Å². The number of alkyl halides is 3. The molecule has 0 spiro atoms. The molecule has 3 saturated carbocycles. The van der Waals surface area contributed by atoms with Crippen molar-refractivity contribution >= 4 is 11.6 Å². The van der Waals surface area contributed by atoms with E-state index in [4.69, 9.17) is 5.73 Å². The molecule has 23 heavy (non-hydrogen) atoms. The van der Waals surface area contributed by atoms with Crippen LogP contribution in [0.5, 0.6) is 0 Å². The number of nitrogens with two attached hydrogens (primary N) is 1. The smallest absolute Gasteiger partial charge is 0.325 e. The quantitative estimate of drug-likeness (QED) is 0.810. The molecule has 0 aromatic heterocycles. The van der Waals surface area contributed by atoms with Crippen LogP contribution in [0.3, 0.4) is 0 Å². The molecule has 4 rings (SSSR count). The van der Waals surface area contributed by atoms with E-state index in [2.05, 4.69) is 5.32 Å². The van der Waals surface area contributed by atoms with E-state index < -0.39 is 23.0 Å². The van der Waals surface area contributed by atoms with Crippen LogP contribution in [0.25, 0.3) is 0 Å². The summed E-state index contributed by atoms with van der Waals surface area (Å²) >= 11 is 0. The lowest BCUT2D eigenvalue weighted by Crippen LogP contribution is -2.55. The molecule has 0 unspecified atom stereocenters. The van der Waals surface area contributed by atoms with Crippen molar-refractivity contribution in [1.29, 1.82) is 0 Å². The number of fused-ring (bicyclic) bond motifs is 3. The van der Waals surface area contributed by atoms with Gasteiger partial charge in [-0.25, -0.2) is 4.39 Å². The summed E-state index contributed by atoms with van der Waals surface area (Å²) < 4.78 is 51.5. The van der Waals surface area contributed by atoms with E-state index in [-0.39, 0.29) is 17.1 Å². The number of amides is 1. The Morgan fingerprint density at radius 2 is 1.65 bits per heavy atom. The summed E-state index contributed by atoms with van der Waals surface area (Å²) in [7, 11) is 0. The van der Waals surface area contributed by atoms with Gasteiger partial charge in [0.15, 0.2) is 0 Å². The molecule has 3 nitrogen and oxygen atoms in total. The number of anilines is 1. The topological polar surface area (TPSA) is 55.1 Å². The Morgan fingerprint density at radius 3 is 2.13 bits per heavy atom. The van der Waals surface area contributed by atoms with Gasteiger partial charge in [-0.1, -0.05) is 0 Å². The maximum absolute atomic E-state index is 13.9. The van der Waals surface area contributed by atoms with E-state index in [9.17, 15) is 22.4 Å². The molecule has 1 aromatic carbocycles. The van der Waals surface area contributed by atoms with Crippen molar-refractivity contribution in [3.8, 4) is 0 Å². The van der Waals surface area contributed by atoms with Gasteiger partial charge in [-0.3, -0.25) is 4.79 Å². The van der Waals surface area contributed by atoms with E-state index >= 15 is 0 Å². The molecule has 3 aliphatic carbocycles. The summed E-state index contributed by atoms with van der Waals surface area (Å²) in [5, 5.41) is 2.47. The maximum atomic E-state index is 13.9. The number of nitrogens with one attached hydrogen (secondary N) is 1. The van der Waals surface area contributed by atoms with Crippen molar-refractivity contribution in [2.75, 3.05) is 5.32 Å². The standard InChI is InChI=1S/C16H18F4N2O/c17-11-9-10(16(18,19)20)1-2-12(11)22-13(23)14-3-6-15(21,7-4-14)8-5-14/h1-2,9H,3-8,21H2,(H,22,23). The van der Waals surface area contributed by atoms with Crippen molar-refractivity contribution in [3.63, 3.8) is 0 Å². The highest BCUT2D eigenvalue weighted by Gasteiger charge is 2.50. The van der Waals surface area contributed by atoms with Crippen LogP contribution in [-0.4, -0.2) is 11.4 Å². The average Bonchev–Trinajstić information content (AvgIpc) is 2.49. The molecule has 2 bridgehead atoms. The highest BCUT2D eigenvalue weighted by Crippen LogP contribution is 2.51. The van der Waals surface area contributed by atoms with Gasteiger partial charge < -0.3 is 11.1 Å². The molecular formula is C16H18F4N2O. The Labute approximate surface area is 131 Å². The average molecular weight is 330 g/mol. The first-order valence-electron chi connectivity index (χ1n) is 7.61. The molecule has 0 saturated heterocycles. The molecule has 0 radical (unpaired) electrons. The fourth-order valence-corrected chi connectivity index (χ4v) is 3.60. The lowest BCUT2D eigenvalue weighted by atomic mass is 9.57. The number of halogens is 4. The van der Waals surface area contributed by atoms with Gasteiger partial charge in [0.1, 0.15) is 5.82 Å². The summed E-state index contributed by atoms with van der Waals surface area (Å²) in [5.74, 6) is -1.40. The SMILES string of the molecule is NC12CCC(C(=O)Nc3ccc(C(F)(F)F)cc3F)(CC1)CC2. The van der Waals surface area contributed by atoms with Gasteiger partial charge >= 0.3 is 6.18 Å². The first kappa shape index (κ1) is 16.2. The van der Waals surface area contributed by atoms with E-state index in [0.29, 0.717) is 25.3 Å². The lowest BCUT2D eigenvalue weighted by molar-refractivity contribution is -0.137. The zero-order valence-electron chi connectivity index (χ0n) is 12.5. The molecule has 0 heterocycles. The third kappa shape index (κ3) is 2.94. The first-order valence-corrected chi connectivity index (χ1v) is 7.61. The lowest BCUT2D eigenvalue weighted by Gasteiger charge is -2.50. The largest absolute Gasteiger partial charge is 0.416 e. The van der Waals surface area contributed by atoms with Gasteiger partial charge in [-0.2, -0.15) is 13.2 Å². The van der Waals surface area contributed by atoms with E-state index in [1.54, 1.807) is 0 Å². The van der Waals surface area contributed by atoms with Crippen molar-refractivity contribution in [2.45, 2.75) is 50.2 Å². The zero-order chi connectivity index (χ0) is 16.9. The van der Waals surface area contributed by atoms with Crippen LogP contribution in [-0.2, 0) is 11.0 Å². The van der Waals surface area contributed by atoms with Crippen LogP contribution >= 0.6 is 0 Å². The maximum Gasteiger partial charge on any atom is 0.416 e. The fraction of sp³-hybridized carbons (Fsp3) is 0.562. The van der Waals surface area contributed by atoms with E-state index in [1.165, 1.54) is 0 Å². The second-order valence-electron chi connectivity index (χ2n) is 6.79. The summed E-state index contributed by atoms with van der Waals surface area (Å²) in [5.41, 5.74) is 4.14. The highest BCUT2D eigenvalue weighted by atomic mass is 19.4. The molecule has 7 heteroatoms. The second kappa shape index (κ2) is 5.19. The van der Waals surface area contributed by atoms with Crippen LogP contribution in [0.4, 0.5) is 23.2 Å². The van der Waals surface area contributed by atoms with Crippen LogP contribution in [0.2, 0.25) is 0 Å². The fourth-order valence-electron chi connectivity index (χ4n) is 3.60. The minimum atomic E-state index is -4.61. The van der Waals surface area contributed by atoms with Crippen LogP contribution in [0, 0.1) is 11.2 Å². The molecule has 1 aromatic rings. The number of hydrogen-bond donors (Lipinski definition) is 2. The van der Waals surface area contributed by atoms with Crippen molar-refractivity contribution in [2.24, 2.45) is 11.1 Å². The normalized spacial score (nSPS) is 30.3. The summed E-state index contributed by atoms with van der Waals surface area (Å²) in [4.78, 5) is 12.5. The third-order valence-corrected chi connectivity index (χ3v) is 5.33. The molecule has 3 fully saturated rings. The highest BCUT2D eigenvalue weighted by molar-refractivity contribution is 5.95. The van der Waals surface area contributed by atoms with Crippen LogP contribution in [0.1, 0.15) is 44.1 Å². The molecule has 126 valence electrons. The van der Waals surface area contributed by atoms with Crippen LogP contribution in [0.15, 0.2) is 18.2 Å². The Bertz CT molecular complexity index is 617.